The zero-order chi connectivity index (χ0) is 16.0. The quantitative estimate of drug-likeness (QED) is 0.673. The number of carbonyl (C=O) groups excluding carboxylic acids is 1. The van der Waals surface area contributed by atoms with E-state index in [2.05, 4.69) is 20.8 Å². The van der Waals surface area contributed by atoms with Gasteiger partial charge in [0.1, 0.15) is 11.9 Å². The van der Waals surface area contributed by atoms with Crippen LogP contribution in [-0.4, -0.2) is 17.2 Å². The van der Waals surface area contributed by atoms with Gasteiger partial charge in [0.05, 0.1) is 0 Å². The van der Waals surface area contributed by atoms with Crippen molar-refractivity contribution in [1.29, 1.82) is 0 Å². The van der Waals surface area contributed by atoms with Crippen LogP contribution in [0.3, 0.4) is 0 Å². The van der Waals surface area contributed by atoms with Crippen molar-refractivity contribution in [3.63, 3.8) is 0 Å². The number of hydrogen-bond donors (Lipinski definition) is 1. The van der Waals surface area contributed by atoms with E-state index in [1.54, 1.807) is 30.3 Å². The Labute approximate surface area is 132 Å². The van der Waals surface area contributed by atoms with Gasteiger partial charge in [0.2, 0.25) is 0 Å². The lowest BCUT2D eigenvalue weighted by Crippen LogP contribution is -2.38. The predicted molar refractivity (Wildman–Crippen MR) is 86.2 cm³/mol. The van der Waals surface area contributed by atoms with Gasteiger partial charge in [-0.3, -0.25) is 0 Å². The van der Waals surface area contributed by atoms with Gasteiger partial charge in [0, 0.05) is 11.5 Å². The molecule has 1 aromatic rings. The molecule has 0 amide bonds. The molecule has 2 saturated carbocycles. The van der Waals surface area contributed by atoms with Crippen LogP contribution < -0.4 is 0 Å². The van der Waals surface area contributed by atoms with Crippen molar-refractivity contribution in [2.45, 2.75) is 46.1 Å². The summed E-state index contributed by atoms with van der Waals surface area (Å²) in [5.41, 5.74) is 1.22. The minimum Gasteiger partial charge on any atom is -0.508 e. The molecule has 2 aliphatic carbocycles. The lowest BCUT2D eigenvalue weighted by molar-refractivity contribution is -0.150. The van der Waals surface area contributed by atoms with Crippen molar-refractivity contribution in [1.82, 2.24) is 0 Å². The second kappa shape index (κ2) is 5.15. The van der Waals surface area contributed by atoms with Gasteiger partial charge in [-0.05, 0) is 54.4 Å². The third-order valence-electron chi connectivity index (χ3n) is 6.28. The van der Waals surface area contributed by atoms with Crippen LogP contribution in [0.15, 0.2) is 30.3 Å². The number of carbonyl (C=O) groups is 1. The van der Waals surface area contributed by atoms with Crippen LogP contribution in [0, 0.1) is 16.7 Å². The first-order valence-corrected chi connectivity index (χ1v) is 8.01. The minimum absolute atomic E-state index is 0.0261. The maximum absolute atomic E-state index is 12.1. The summed E-state index contributed by atoms with van der Waals surface area (Å²) in [5.74, 6) is 0.607. The van der Waals surface area contributed by atoms with E-state index in [1.807, 2.05) is 0 Å². The molecule has 0 spiro atoms. The summed E-state index contributed by atoms with van der Waals surface area (Å²) in [5, 5.41) is 9.25. The van der Waals surface area contributed by atoms with Crippen LogP contribution in [0.4, 0.5) is 0 Å². The normalized spacial score (nSPS) is 32.5. The van der Waals surface area contributed by atoms with Gasteiger partial charge in [0.15, 0.2) is 0 Å². The summed E-state index contributed by atoms with van der Waals surface area (Å²) in [6.07, 6.45) is 6.61. The van der Waals surface area contributed by atoms with Crippen LogP contribution in [0.25, 0.3) is 6.08 Å². The highest BCUT2D eigenvalue weighted by molar-refractivity contribution is 5.87. The zero-order valence-corrected chi connectivity index (χ0v) is 13.5. The third-order valence-corrected chi connectivity index (χ3v) is 6.28. The summed E-state index contributed by atoms with van der Waals surface area (Å²) >= 11 is 0. The number of aromatic hydroxyl groups is 1. The third kappa shape index (κ3) is 2.33. The Morgan fingerprint density at radius 2 is 1.95 bits per heavy atom. The van der Waals surface area contributed by atoms with Crippen molar-refractivity contribution in [2.75, 3.05) is 0 Å². The second-order valence-electron chi connectivity index (χ2n) is 7.46. The number of phenolic OH excluding ortho intramolecular Hbond substituents is 1. The monoisotopic (exact) mass is 300 g/mol. The number of fused-ring (bicyclic) bond motifs is 2. The molecule has 2 bridgehead atoms. The highest BCUT2D eigenvalue weighted by atomic mass is 16.5. The van der Waals surface area contributed by atoms with E-state index in [4.69, 9.17) is 4.74 Å². The number of rotatable bonds is 3. The molecule has 22 heavy (non-hydrogen) atoms. The van der Waals surface area contributed by atoms with Crippen molar-refractivity contribution in [3.8, 4) is 5.75 Å². The molecular formula is C19H24O3. The van der Waals surface area contributed by atoms with Crippen LogP contribution in [0.5, 0.6) is 5.75 Å². The zero-order valence-electron chi connectivity index (χ0n) is 13.5. The van der Waals surface area contributed by atoms with Gasteiger partial charge in [-0.15, -0.1) is 0 Å². The molecule has 0 aromatic heterocycles. The van der Waals surface area contributed by atoms with Crippen LogP contribution >= 0.6 is 0 Å². The molecule has 118 valence electrons. The van der Waals surface area contributed by atoms with Crippen LogP contribution in [0.1, 0.15) is 45.6 Å². The largest absolute Gasteiger partial charge is 0.508 e. The van der Waals surface area contributed by atoms with Crippen LogP contribution in [-0.2, 0) is 9.53 Å². The Morgan fingerprint density at radius 1 is 1.27 bits per heavy atom. The van der Waals surface area contributed by atoms with Crippen molar-refractivity contribution >= 4 is 12.0 Å². The van der Waals surface area contributed by atoms with Gasteiger partial charge in [0.25, 0.3) is 0 Å². The van der Waals surface area contributed by atoms with Gasteiger partial charge < -0.3 is 9.84 Å². The highest BCUT2D eigenvalue weighted by Gasteiger charge is 2.62. The van der Waals surface area contributed by atoms with Crippen molar-refractivity contribution in [2.24, 2.45) is 16.7 Å². The van der Waals surface area contributed by atoms with E-state index in [1.165, 1.54) is 12.5 Å². The first-order valence-electron chi connectivity index (χ1n) is 8.01. The Balaban J connectivity index is 1.65. The van der Waals surface area contributed by atoms with E-state index < -0.39 is 0 Å². The lowest BCUT2D eigenvalue weighted by atomic mass is 9.70. The summed E-state index contributed by atoms with van der Waals surface area (Å²) in [6, 6.07) is 6.73. The average Bonchev–Trinajstić information content (AvgIpc) is 2.80. The second-order valence-corrected chi connectivity index (χ2v) is 7.46. The molecule has 1 aromatic carbocycles. The molecule has 0 heterocycles. The average molecular weight is 300 g/mol. The van der Waals surface area contributed by atoms with Crippen molar-refractivity contribution < 1.29 is 14.6 Å². The summed E-state index contributed by atoms with van der Waals surface area (Å²) < 4.78 is 5.75. The van der Waals surface area contributed by atoms with Gasteiger partial charge >= 0.3 is 5.97 Å². The molecule has 3 nitrogen and oxygen atoms in total. The first-order chi connectivity index (χ1) is 10.3. The molecule has 0 aliphatic heterocycles. The number of esters is 1. The molecule has 1 N–H and O–H groups in total. The summed E-state index contributed by atoms with van der Waals surface area (Å²) in [6.45, 7) is 6.89. The van der Waals surface area contributed by atoms with E-state index in [9.17, 15) is 9.90 Å². The summed E-state index contributed by atoms with van der Waals surface area (Å²) in [4.78, 5) is 12.1. The maximum atomic E-state index is 12.1. The van der Waals surface area contributed by atoms with Crippen molar-refractivity contribution in [3.05, 3.63) is 35.9 Å². The number of benzene rings is 1. The SMILES string of the molecule is CC1(C)[C@@H]2CC[C@@]1(C)[C@@H](OC(=O)C=Cc1ccc(O)cc1)C2. The minimum atomic E-state index is -0.275. The fraction of sp³-hybridized carbons (Fsp3) is 0.526. The molecular weight excluding hydrogens is 276 g/mol. The molecule has 0 unspecified atom stereocenters. The molecule has 2 fully saturated rings. The Morgan fingerprint density at radius 3 is 2.50 bits per heavy atom. The topological polar surface area (TPSA) is 46.5 Å². The van der Waals surface area contributed by atoms with E-state index in [-0.39, 0.29) is 28.7 Å². The van der Waals surface area contributed by atoms with E-state index >= 15 is 0 Å². The number of hydrogen-bond acceptors (Lipinski definition) is 3. The van der Waals surface area contributed by atoms with Gasteiger partial charge in [-0.1, -0.05) is 32.9 Å². The standard InChI is InChI=1S/C19H24O3/c1-18(2)14-10-11-19(18,3)16(12-14)22-17(21)9-6-13-4-7-15(20)8-5-13/h4-9,14,16,20H,10-12H2,1-3H3/t14-,16+,19+/m1/s1. The first kappa shape index (κ1) is 15.1. The van der Waals surface area contributed by atoms with Crippen LogP contribution in [0.2, 0.25) is 0 Å². The van der Waals surface area contributed by atoms with Gasteiger partial charge in [-0.25, -0.2) is 4.79 Å². The molecule has 2 aliphatic rings. The lowest BCUT2D eigenvalue weighted by Gasteiger charge is -2.38. The maximum Gasteiger partial charge on any atom is 0.331 e. The number of phenols is 1. The molecule has 3 rings (SSSR count). The van der Waals surface area contributed by atoms with E-state index in [0.29, 0.717) is 5.92 Å². The molecule has 3 heteroatoms. The predicted octanol–water partition coefficient (Wildman–Crippen LogP) is 4.16. The van der Waals surface area contributed by atoms with E-state index in [0.717, 1.165) is 18.4 Å². The van der Waals surface area contributed by atoms with Gasteiger partial charge in [-0.2, -0.15) is 0 Å². The molecule has 3 atom stereocenters. The Bertz CT molecular complexity index is 600. The molecule has 0 radical (unpaired) electrons. The fourth-order valence-corrected chi connectivity index (χ4v) is 4.24. The molecule has 0 saturated heterocycles. The smallest absolute Gasteiger partial charge is 0.331 e. The highest BCUT2D eigenvalue weighted by Crippen LogP contribution is 2.66. The summed E-state index contributed by atoms with van der Waals surface area (Å²) in [7, 11) is 0. The number of ether oxygens (including phenoxy) is 1. The fourth-order valence-electron chi connectivity index (χ4n) is 4.24. The Hall–Kier alpha value is -1.77. The Kier molecular flexibility index (Phi) is 3.54.